The van der Waals surface area contributed by atoms with E-state index in [-0.39, 0.29) is 5.28 Å². The zero-order chi connectivity index (χ0) is 18.4. The number of nitrogens with one attached hydrogen (secondary N) is 1. The molecule has 0 amide bonds. The van der Waals surface area contributed by atoms with Crippen LogP contribution < -0.4 is 9.80 Å². The number of aromatic amines is 1. The highest BCUT2D eigenvalue weighted by Gasteiger charge is 2.22. The van der Waals surface area contributed by atoms with E-state index in [1.54, 1.807) is 6.33 Å². The Hall–Kier alpha value is -2.93. The van der Waals surface area contributed by atoms with Gasteiger partial charge in [-0.25, -0.2) is 9.97 Å². The average Bonchev–Trinajstić information content (AvgIpc) is 3.16. The van der Waals surface area contributed by atoms with Crippen LogP contribution in [0.5, 0.6) is 0 Å². The third kappa shape index (κ3) is 2.84. The van der Waals surface area contributed by atoms with Gasteiger partial charge in [-0.2, -0.15) is 9.97 Å². The van der Waals surface area contributed by atoms with Crippen molar-refractivity contribution >= 4 is 45.3 Å². The standard InChI is InChI=1S/C19H18ClN7/c1-12-10-15(23-14-5-3-2-4-13(12)14)26-6-8-27(9-7-26)18-16-17(22-11-21-16)24-19(20)25-18/h2-5,10-11H,6-9H2,1H3,(H,21,22,24,25). The highest BCUT2D eigenvalue weighted by molar-refractivity contribution is 6.28. The number of H-pyrrole nitrogens is 1. The molecule has 0 saturated carbocycles. The zero-order valence-electron chi connectivity index (χ0n) is 14.9. The van der Waals surface area contributed by atoms with Gasteiger partial charge >= 0.3 is 0 Å². The number of para-hydroxylation sites is 1. The molecular formula is C19H18ClN7. The Labute approximate surface area is 161 Å². The van der Waals surface area contributed by atoms with Crippen molar-refractivity contribution in [3.8, 4) is 0 Å². The Morgan fingerprint density at radius 3 is 2.63 bits per heavy atom. The second-order valence-corrected chi connectivity index (χ2v) is 7.04. The van der Waals surface area contributed by atoms with Crippen molar-refractivity contribution in [3.05, 3.63) is 47.5 Å². The van der Waals surface area contributed by atoms with E-state index in [1.807, 2.05) is 6.07 Å². The molecule has 1 aliphatic rings. The van der Waals surface area contributed by atoms with Crippen molar-refractivity contribution in [3.63, 3.8) is 0 Å². The lowest BCUT2D eigenvalue weighted by Gasteiger charge is -2.36. The van der Waals surface area contributed by atoms with Gasteiger partial charge in [0, 0.05) is 31.6 Å². The van der Waals surface area contributed by atoms with Gasteiger partial charge in [0.15, 0.2) is 11.5 Å². The molecule has 27 heavy (non-hydrogen) atoms. The first-order valence-electron chi connectivity index (χ1n) is 8.92. The number of hydrogen-bond acceptors (Lipinski definition) is 6. The predicted octanol–water partition coefficient (Wildman–Crippen LogP) is 3.19. The monoisotopic (exact) mass is 379 g/mol. The molecule has 1 aromatic carbocycles. The molecule has 1 N–H and O–H groups in total. The number of fused-ring (bicyclic) bond motifs is 2. The van der Waals surface area contributed by atoms with E-state index in [2.05, 4.69) is 60.9 Å². The van der Waals surface area contributed by atoms with E-state index in [1.165, 1.54) is 10.9 Å². The highest BCUT2D eigenvalue weighted by atomic mass is 35.5. The third-order valence-corrected chi connectivity index (χ3v) is 5.22. The van der Waals surface area contributed by atoms with Crippen LogP contribution in [0.25, 0.3) is 22.1 Å². The summed E-state index contributed by atoms with van der Waals surface area (Å²) in [6, 6.07) is 10.4. The van der Waals surface area contributed by atoms with Gasteiger partial charge in [0.1, 0.15) is 11.3 Å². The number of pyridine rings is 1. The van der Waals surface area contributed by atoms with Crippen LogP contribution >= 0.6 is 11.6 Å². The summed E-state index contributed by atoms with van der Waals surface area (Å²) in [5.74, 6) is 1.84. The van der Waals surface area contributed by atoms with Crippen LogP contribution in [0.3, 0.4) is 0 Å². The lowest BCUT2D eigenvalue weighted by atomic mass is 10.1. The van der Waals surface area contributed by atoms with Crippen LogP contribution in [-0.2, 0) is 0 Å². The fourth-order valence-electron chi connectivity index (χ4n) is 3.66. The minimum atomic E-state index is 0.221. The lowest BCUT2D eigenvalue weighted by molar-refractivity contribution is 0.643. The number of aryl methyl sites for hydroxylation is 1. The van der Waals surface area contributed by atoms with Gasteiger partial charge in [0.05, 0.1) is 11.8 Å². The lowest BCUT2D eigenvalue weighted by Crippen LogP contribution is -2.47. The molecule has 0 unspecified atom stereocenters. The molecule has 3 aromatic heterocycles. The maximum atomic E-state index is 6.07. The molecule has 1 saturated heterocycles. The van der Waals surface area contributed by atoms with Gasteiger partial charge in [0.2, 0.25) is 5.28 Å². The molecule has 5 rings (SSSR count). The number of aromatic nitrogens is 5. The summed E-state index contributed by atoms with van der Waals surface area (Å²) in [6.07, 6.45) is 1.62. The Kier molecular flexibility index (Phi) is 3.82. The predicted molar refractivity (Wildman–Crippen MR) is 108 cm³/mol. The number of imidazole rings is 1. The van der Waals surface area contributed by atoms with Crippen molar-refractivity contribution in [2.75, 3.05) is 36.0 Å². The molecule has 136 valence electrons. The molecule has 0 spiro atoms. The van der Waals surface area contributed by atoms with Crippen molar-refractivity contribution in [2.45, 2.75) is 6.92 Å². The molecular weight excluding hydrogens is 362 g/mol. The van der Waals surface area contributed by atoms with Crippen molar-refractivity contribution in [2.24, 2.45) is 0 Å². The van der Waals surface area contributed by atoms with Crippen LogP contribution in [0.4, 0.5) is 11.6 Å². The second kappa shape index (κ2) is 6.35. The molecule has 0 atom stereocenters. The third-order valence-electron chi connectivity index (χ3n) is 5.05. The molecule has 1 fully saturated rings. The Morgan fingerprint density at radius 2 is 1.78 bits per heavy atom. The average molecular weight is 380 g/mol. The second-order valence-electron chi connectivity index (χ2n) is 6.71. The van der Waals surface area contributed by atoms with Crippen LogP contribution in [-0.4, -0.2) is 51.1 Å². The Morgan fingerprint density at radius 1 is 1.00 bits per heavy atom. The molecule has 7 nitrogen and oxygen atoms in total. The topological polar surface area (TPSA) is 73.8 Å². The van der Waals surface area contributed by atoms with Gasteiger partial charge in [-0.1, -0.05) is 18.2 Å². The summed E-state index contributed by atoms with van der Waals surface area (Å²) < 4.78 is 0. The van der Waals surface area contributed by atoms with Gasteiger partial charge in [-0.05, 0) is 36.2 Å². The largest absolute Gasteiger partial charge is 0.353 e. The van der Waals surface area contributed by atoms with E-state index in [9.17, 15) is 0 Å². The molecule has 1 aliphatic heterocycles. The number of halogens is 1. The minimum absolute atomic E-state index is 0.221. The fraction of sp³-hybridized carbons (Fsp3) is 0.263. The van der Waals surface area contributed by atoms with Crippen molar-refractivity contribution < 1.29 is 0 Å². The van der Waals surface area contributed by atoms with Gasteiger partial charge in [0.25, 0.3) is 0 Å². The van der Waals surface area contributed by atoms with Crippen LogP contribution in [0.1, 0.15) is 5.56 Å². The van der Waals surface area contributed by atoms with Crippen molar-refractivity contribution in [1.82, 2.24) is 24.9 Å². The molecule has 0 radical (unpaired) electrons. The van der Waals surface area contributed by atoms with Gasteiger partial charge in [-0.3, -0.25) is 0 Å². The fourth-order valence-corrected chi connectivity index (χ4v) is 3.82. The summed E-state index contributed by atoms with van der Waals surface area (Å²) in [5, 5.41) is 1.43. The summed E-state index contributed by atoms with van der Waals surface area (Å²) in [7, 11) is 0. The summed E-state index contributed by atoms with van der Waals surface area (Å²) in [6.45, 7) is 5.52. The molecule has 4 heterocycles. The number of piperazine rings is 1. The minimum Gasteiger partial charge on any atom is -0.353 e. The van der Waals surface area contributed by atoms with Crippen LogP contribution in [0.2, 0.25) is 5.28 Å². The maximum Gasteiger partial charge on any atom is 0.226 e. The van der Waals surface area contributed by atoms with Gasteiger partial charge in [-0.15, -0.1) is 0 Å². The summed E-state index contributed by atoms with van der Waals surface area (Å²) in [4.78, 5) is 25.3. The normalized spacial score (nSPS) is 15.0. The number of nitrogens with zero attached hydrogens (tertiary/aromatic N) is 6. The summed E-state index contributed by atoms with van der Waals surface area (Å²) in [5.41, 5.74) is 3.71. The number of anilines is 2. The maximum absolute atomic E-state index is 6.07. The van der Waals surface area contributed by atoms with Crippen molar-refractivity contribution in [1.29, 1.82) is 0 Å². The first kappa shape index (κ1) is 16.3. The number of hydrogen-bond donors (Lipinski definition) is 1. The van der Waals surface area contributed by atoms with Crippen LogP contribution in [0, 0.1) is 6.92 Å². The van der Waals surface area contributed by atoms with E-state index < -0.39 is 0 Å². The van der Waals surface area contributed by atoms with E-state index in [4.69, 9.17) is 16.6 Å². The number of benzene rings is 1. The quantitative estimate of drug-likeness (QED) is 0.539. The molecule has 0 bridgehead atoms. The first-order chi connectivity index (χ1) is 13.2. The molecule has 8 heteroatoms. The molecule has 4 aromatic rings. The number of rotatable bonds is 2. The van der Waals surface area contributed by atoms with E-state index >= 15 is 0 Å². The SMILES string of the molecule is Cc1cc(N2CCN(c3nc(Cl)nc4nc[nH]c34)CC2)nc2ccccc12. The van der Waals surface area contributed by atoms with E-state index in [0.29, 0.717) is 5.65 Å². The zero-order valence-corrected chi connectivity index (χ0v) is 15.6. The Bertz CT molecular complexity index is 1130. The first-order valence-corrected chi connectivity index (χ1v) is 9.30. The smallest absolute Gasteiger partial charge is 0.226 e. The highest BCUT2D eigenvalue weighted by Crippen LogP contribution is 2.26. The van der Waals surface area contributed by atoms with Crippen LogP contribution in [0.15, 0.2) is 36.7 Å². The Balaban J connectivity index is 1.41. The van der Waals surface area contributed by atoms with E-state index in [0.717, 1.165) is 48.8 Å². The summed E-state index contributed by atoms with van der Waals surface area (Å²) >= 11 is 6.07. The van der Waals surface area contributed by atoms with Gasteiger partial charge < -0.3 is 14.8 Å². The molecule has 0 aliphatic carbocycles.